The molecule has 1 aliphatic heterocycles. The summed E-state index contributed by atoms with van der Waals surface area (Å²) in [7, 11) is 0. The topological polar surface area (TPSA) is 112 Å². The van der Waals surface area contributed by atoms with E-state index in [9.17, 15) is 9.59 Å². The predicted molar refractivity (Wildman–Crippen MR) is 101 cm³/mol. The highest BCUT2D eigenvalue weighted by molar-refractivity contribution is 5.93. The number of hydrogen-bond acceptors (Lipinski definition) is 7. The third kappa shape index (κ3) is 3.33. The van der Waals surface area contributed by atoms with Crippen LogP contribution in [-0.2, 0) is 17.6 Å². The molecule has 2 aliphatic rings. The van der Waals surface area contributed by atoms with Crippen LogP contribution in [0.5, 0.6) is 0 Å². The molecule has 148 valence electrons. The summed E-state index contributed by atoms with van der Waals surface area (Å²) < 4.78 is 12.3. The number of fused-ring (bicyclic) bond motifs is 1. The summed E-state index contributed by atoms with van der Waals surface area (Å²) in [5, 5.41) is 11.3. The Labute approximate surface area is 165 Å². The average Bonchev–Trinajstić information content (AvgIpc) is 3.48. The molecular weight excluding hydrogens is 374 g/mol. The first kappa shape index (κ1) is 17.7. The monoisotopic (exact) mass is 393 g/mol. The van der Waals surface area contributed by atoms with Crippen molar-refractivity contribution in [2.45, 2.75) is 31.3 Å². The molecule has 1 amide bonds. The van der Waals surface area contributed by atoms with E-state index in [1.807, 2.05) is 6.07 Å². The Morgan fingerprint density at radius 1 is 1.24 bits per heavy atom. The molecule has 3 aromatic heterocycles. The van der Waals surface area contributed by atoms with Crippen molar-refractivity contribution in [1.82, 2.24) is 25.2 Å². The first-order valence-corrected chi connectivity index (χ1v) is 9.56. The van der Waals surface area contributed by atoms with Crippen LogP contribution in [-0.4, -0.2) is 45.1 Å². The third-order valence-electron chi connectivity index (χ3n) is 5.35. The molecule has 9 heteroatoms. The molecule has 0 spiro atoms. The van der Waals surface area contributed by atoms with Crippen LogP contribution < -0.4 is 10.9 Å². The van der Waals surface area contributed by atoms with Crippen LogP contribution in [0.1, 0.15) is 34.2 Å². The van der Waals surface area contributed by atoms with Gasteiger partial charge in [0.15, 0.2) is 11.5 Å². The molecule has 1 saturated heterocycles. The highest BCUT2D eigenvalue weighted by Gasteiger charge is 2.34. The molecule has 1 fully saturated rings. The molecule has 2 atom stereocenters. The van der Waals surface area contributed by atoms with Gasteiger partial charge in [0.2, 0.25) is 0 Å². The number of hydrogen-bond donors (Lipinski definition) is 1. The van der Waals surface area contributed by atoms with Gasteiger partial charge in [-0.3, -0.25) is 14.6 Å². The standard InChI is InChI=1S/C20H19N5O4/c26-19-7-12-3-1-5-14(12)23-25(19)17-11-28-10-16(17)22-20(27)15-8-18(29-24-15)13-4-2-6-21-9-13/h2,4,6-9,16-17H,1,3,5,10-11H2,(H,22,27). The van der Waals surface area contributed by atoms with Gasteiger partial charge in [0, 0.05) is 30.1 Å². The van der Waals surface area contributed by atoms with Gasteiger partial charge in [0.05, 0.1) is 24.9 Å². The number of aromatic nitrogens is 4. The number of rotatable bonds is 4. The fourth-order valence-corrected chi connectivity index (χ4v) is 3.84. The minimum Gasteiger partial charge on any atom is -0.377 e. The second-order valence-electron chi connectivity index (χ2n) is 7.26. The van der Waals surface area contributed by atoms with Crippen molar-refractivity contribution in [3.63, 3.8) is 0 Å². The van der Waals surface area contributed by atoms with Crippen LogP contribution in [0.25, 0.3) is 11.3 Å². The Morgan fingerprint density at radius 3 is 3.03 bits per heavy atom. The van der Waals surface area contributed by atoms with Gasteiger partial charge in [0.1, 0.15) is 6.04 Å². The summed E-state index contributed by atoms with van der Waals surface area (Å²) in [6.07, 6.45) is 6.07. The molecule has 5 rings (SSSR count). The highest BCUT2D eigenvalue weighted by atomic mass is 16.5. The highest BCUT2D eigenvalue weighted by Crippen LogP contribution is 2.23. The lowest BCUT2D eigenvalue weighted by molar-refractivity contribution is 0.0915. The molecular formula is C20H19N5O4. The predicted octanol–water partition coefficient (Wildman–Crippen LogP) is 1.15. The lowest BCUT2D eigenvalue weighted by atomic mass is 10.1. The quantitative estimate of drug-likeness (QED) is 0.708. The number of amides is 1. The van der Waals surface area contributed by atoms with Crippen LogP contribution in [0.3, 0.4) is 0 Å². The average molecular weight is 393 g/mol. The molecule has 29 heavy (non-hydrogen) atoms. The number of ether oxygens (including phenoxy) is 1. The van der Waals surface area contributed by atoms with E-state index in [1.165, 1.54) is 4.68 Å². The number of nitrogens with zero attached hydrogens (tertiary/aromatic N) is 4. The zero-order valence-electron chi connectivity index (χ0n) is 15.6. The van der Waals surface area contributed by atoms with Gasteiger partial charge in [-0.1, -0.05) is 5.16 Å². The number of pyridine rings is 1. The van der Waals surface area contributed by atoms with Crippen molar-refractivity contribution in [2.75, 3.05) is 13.2 Å². The maximum atomic E-state index is 12.7. The van der Waals surface area contributed by atoms with Crippen LogP contribution in [0.2, 0.25) is 0 Å². The summed E-state index contributed by atoms with van der Waals surface area (Å²) in [6.45, 7) is 0.616. The van der Waals surface area contributed by atoms with E-state index < -0.39 is 5.91 Å². The van der Waals surface area contributed by atoms with Crippen LogP contribution in [0.4, 0.5) is 0 Å². The molecule has 0 bridgehead atoms. The van der Waals surface area contributed by atoms with Crippen LogP contribution in [0.15, 0.2) is 46.0 Å². The lowest BCUT2D eigenvalue weighted by Gasteiger charge is -2.20. The first-order valence-electron chi connectivity index (χ1n) is 9.56. The van der Waals surface area contributed by atoms with Gasteiger partial charge in [-0.05, 0) is 37.0 Å². The van der Waals surface area contributed by atoms with Gasteiger partial charge < -0.3 is 14.6 Å². The number of carbonyl (C=O) groups excluding carboxylic acids is 1. The molecule has 4 heterocycles. The molecule has 3 aromatic rings. The minimum absolute atomic E-state index is 0.156. The molecule has 0 radical (unpaired) electrons. The fraction of sp³-hybridized carbons (Fsp3) is 0.350. The normalized spacial score (nSPS) is 20.6. The second-order valence-corrected chi connectivity index (χ2v) is 7.26. The van der Waals surface area contributed by atoms with Gasteiger partial charge in [-0.15, -0.1) is 0 Å². The van der Waals surface area contributed by atoms with E-state index >= 15 is 0 Å². The van der Waals surface area contributed by atoms with Gasteiger partial charge >= 0.3 is 0 Å². The summed E-state index contributed by atoms with van der Waals surface area (Å²) in [5.41, 5.74) is 2.70. The number of carbonyl (C=O) groups is 1. The van der Waals surface area contributed by atoms with Crippen molar-refractivity contribution in [1.29, 1.82) is 0 Å². The van der Waals surface area contributed by atoms with Crippen molar-refractivity contribution in [2.24, 2.45) is 0 Å². The Balaban J connectivity index is 1.35. The van der Waals surface area contributed by atoms with Crippen LogP contribution >= 0.6 is 0 Å². The van der Waals surface area contributed by atoms with E-state index in [1.54, 1.807) is 30.6 Å². The maximum Gasteiger partial charge on any atom is 0.273 e. The SMILES string of the molecule is O=C(NC1COCC1n1nc2c(cc1=O)CCC2)c1cc(-c2cccnc2)on1. The van der Waals surface area contributed by atoms with Crippen molar-refractivity contribution in [3.8, 4) is 11.3 Å². The molecule has 0 aromatic carbocycles. The van der Waals surface area contributed by atoms with Crippen molar-refractivity contribution < 1.29 is 14.1 Å². The fourth-order valence-electron chi connectivity index (χ4n) is 3.84. The summed E-state index contributed by atoms with van der Waals surface area (Å²) >= 11 is 0. The Kier molecular flexibility index (Phi) is 4.44. The van der Waals surface area contributed by atoms with Crippen molar-refractivity contribution >= 4 is 5.91 Å². The van der Waals surface area contributed by atoms with E-state index in [0.717, 1.165) is 36.1 Å². The summed E-state index contributed by atoms with van der Waals surface area (Å²) in [4.78, 5) is 29.2. The minimum atomic E-state index is -0.390. The number of nitrogens with one attached hydrogen (secondary N) is 1. The Hall–Kier alpha value is -3.33. The molecule has 1 aliphatic carbocycles. The molecule has 2 unspecified atom stereocenters. The van der Waals surface area contributed by atoms with E-state index in [0.29, 0.717) is 19.0 Å². The van der Waals surface area contributed by atoms with E-state index in [2.05, 4.69) is 20.6 Å². The van der Waals surface area contributed by atoms with Gasteiger partial charge in [0.25, 0.3) is 11.5 Å². The second kappa shape index (κ2) is 7.25. The molecule has 1 N–H and O–H groups in total. The molecule has 9 nitrogen and oxygen atoms in total. The zero-order chi connectivity index (χ0) is 19.8. The maximum absolute atomic E-state index is 12.7. The zero-order valence-corrected chi connectivity index (χ0v) is 15.6. The lowest BCUT2D eigenvalue weighted by Crippen LogP contribution is -2.44. The van der Waals surface area contributed by atoms with E-state index in [-0.39, 0.29) is 23.3 Å². The Morgan fingerprint density at radius 2 is 2.17 bits per heavy atom. The first-order chi connectivity index (χ1) is 14.2. The van der Waals surface area contributed by atoms with Crippen molar-refractivity contribution in [3.05, 3.63) is 64.0 Å². The third-order valence-corrected chi connectivity index (χ3v) is 5.35. The summed E-state index contributed by atoms with van der Waals surface area (Å²) in [6, 6.07) is 6.08. The number of aryl methyl sites for hydroxylation is 2. The van der Waals surface area contributed by atoms with Crippen LogP contribution in [0, 0.1) is 0 Å². The van der Waals surface area contributed by atoms with Gasteiger partial charge in [-0.2, -0.15) is 5.10 Å². The smallest absolute Gasteiger partial charge is 0.273 e. The van der Waals surface area contributed by atoms with E-state index in [4.69, 9.17) is 9.26 Å². The molecule has 0 saturated carbocycles. The van der Waals surface area contributed by atoms with Gasteiger partial charge in [-0.25, -0.2) is 4.68 Å². The summed E-state index contributed by atoms with van der Waals surface area (Å²) in [5.74, 6) is 0.0672. The largest absolute Gasteiger partial charge is 0.377 e. The Bertz CT molecular complexity index is 1110.